The summed E-state index contributed by atoms with van der Waals surface area (Å²) in [7, 11) is 0. The van der Waals surface area contributed by atoms with E-state index in [1.807, 2.05) is 47.4 Å². The summed E-state index contributed by atoms with van der Waals surface area (Å²) in [6, 6.07) is 30.8. The molecule has 2 unspecified atom stereocenters. The number of benzene rings is 3. The highest BCUT2D eigenvalue weighted by atomic mass is 16.6. The predicted molar refractivity (Wildman–Crippen MR) is 126 cm³/mol. The zero-order valence-electron chi connectivity index (χ0n) is 18.0. The SMILES string of the molecule is CC1C/C(=C/c2ccccc2)CC(Cc2ccccc2)N1C(=O)OCc1ccccc1. The molecular weight excluding hydrogens is 382 g/mol. The van der Waals surface area contributed by atoms with Gasteiger partial charge in [-0.2, -0.15) is 0 Å². The molecule has 158 valence electrons. The molecule has 0 radical (unpaired) electrons. The molecule has 1 aliphatic rings. The minimum atomic E-state index is -0.226. The van der Waals surface area contributed by atoms with E-state index in [0.29, 0.717) is 6.61 Å². The Hall–Kier alpha value is -3.33. The monoisotopic (exact) mass is 411 g/mol. The summed E-state index contributed by atoms with van der Waals surface area (Å²) < 4.78 is 5.73. The summed E-state index contributed by atoms with van der Waals surface area (Å²) in [5, 5.41) is 0. The molecule has 0 N–H and O–H groups in total. The zero-order valence-corrected chi connectivity index (χ0v) is 18.0. The first-order valence-electron chi connectivity index (χ1n) is 11.0. The molecule has 31 heavy (non-hydrogen) atoms. The number of piperidine rings is 1. The minimum Gasteiger partial charge on any atom is -0.445 e. The molecule has 3 nitrogen and oxygen atoms in total. The van der Waals surface area contributed by atoms with Crippen molar-refractivity contribution >= 4 is 12.2 Å². The van der Waals surface area contributed by atoms with Crippen LogP contribution in [0.1, 0.15) is 36.5 Å². The first-order chi connectivity index (χ1) is 15.2. The van der Waals surface area contributed by atoms with E-state index >= 15 is 0 Å². The van der Waals surface area contributed by atoms with Crippen LogP contribution in [0.15, 0.2) is 96.6 Å². The Bertz CT molecular complexity index is 999. The van der Waals surface area contributed by atoms with Crippen LogP contribution in [0.3, 0.4) is 0 Å². The Labute approximate surface area is 185 Å². The number of likely N-dealkylation sites (tertiary alicyclic amines) is 1. The maximum absolute atomic E-state index is 13.1. The summed E-state index contributed by atoms with van der Waals surface area (Å²) >= 11 is 0. The van der Waals surface area contributed by atoms with Gasteiger partial charge in [-0.15, -0.1) is 0 Å². The minimum absolute atomic E-state index is 0.0735. The van der Waals surface area contributed by atoms with E-state index in [9.17, 15) is 4.79 Å². The van der Waals surface area contributed by atoms with E-state index in [1.165, 1.54) is 16.7 Å². The maximum Gasteiger partial charge on any atom is 0.410 e. The highest BCUT2D eigenvalue weighted by Gasteiger charge is 2.35. The second-order valence-electron chi connectivity index (χ2n) is 8.26. The Kier molecular flexibility index (Phi) is 6.83. The number of hydrogen-bond donors (Lipinski definition) is 0. The van der Waals surface area contributed by atoms with Crippen molar-refractivity contribution in [3.8, 4) is 0 Å². The lowest BCUT2D eigenvalue weighted by Gasteiger charge is -2.41. The second-order valence-corrected chi connectivity index (χ2v) is 8.26. The van der Waals surface area contributed by atoms with Crippen LogP contribution in [0.5, 0.6) is 0 Å². The fourth-order valence-corrected chi connectivity index (χ4v) is 4.40. The Balaban J connectivity index is 1.53. The van der Waals surface area contributed by atoms with E-state index in [0.717, 1.165) is 24.8 Å². The lowest BCUT2D eigenvalue weighted by Crippen LogP contribution is -2.50. The molecule has 3 aromatic rings. The van der Waals surface area contributed by atoms with E-state index in [2.05, 4.69) is 61.5 Å². The maximum atomic E-state index is 13.1. The first kappa shape index (κ1) is 20.9. The standard InChI is InChI=1S/C28H29NO2/c1-22-17-26(18-23-11-5-2-6-12-23)20-27(19-24-13-7-3-8-14-24)29(22)28(30)31-21-25-15-9-4-10-16-25/h2-16,18,22,27H,17,19-21H2,1H3/b26-18-. The van der Waals surface area contributed by atoms with Crippen molar-refractivity contribution in [1.82, 2.24) is 4.90 Å². The summed E-state index contributed by atoms with van der Waals surface area (Å²) in [6.07, 6.45) is 4.59. The molecule has 0 bridgehead atoms. The van der Waals surface area contributed by atoms with Crippen LogP contribution in [-0.4, -0.2) is 23.1 Å². The Morgan fingerprint density at radius 2 is 1.45 bits per heavy atom. The number of carbonyl (C=O) groups is 1. The van der Waals surface area contributed by atoms with Crippen molar-refractivity contribution in [3.05, 3.63) is 113 Å². The van der Waals surface area contributed by atoms with Gasteiger partial charge in [-0.1, -0.05) is 103 Å². The molecule has 0 spiro atoms. The Morgan fingerprint density at radius 1 is 0.871 bits per heavy atom. The second kappa shape index (κ2) is 10.1. The van der Waals surface area contributed by atoms with Crippen LogP contribution in [-0.2, 0) is 17.8 Å². The van der Waals surface area contributed by atoms with Gasteiger partial charge in [0.2, 0.25) is 0 Å². The molecule has 3 aromatic carbocycles. The molecule has 1 saturated heterocycles. The predicted octanol–water partition coefficient (Wildman–Crippen LogP) is 6.50. The number of hydrogen-bond acceptors (Lipinski definition) is 2. The van der Waals surface area contributed by atoms with Crippen molar-refractivity contribution in [1.29, 1.82) is 0 Å². The molecule has 0 aliphatic carbocycles. The van der Waals surface area contributed by atoms with Gasteiger partial charge in [0.15, 0.2) is 0 Å². The lowest BCUT2D eigenvalue weighted by atomic mass is 9.87. The van der Waals surface area contributed by atoms with Crippen LogP contribution in [0, 0.1) is 0 Å². The van der Waals surface area contributed by atoms with E-state index in [4.69, 9.17) is 4.74 Å². The third-order valence-electron chi connectivity index (χ3n) is 5.82. The lowest BCUT2D eigenvalue weighted by molar-refractivity contribution is 0.0558. The molecule has 2 atom stereocenters. The molecular formula is C28H29NO2. The van der Waals surface area contributed by atoms with Crippen LogP contribution in [0.25, 0.3) is 6.08 Å². The van der Waals surface area contributed by atoms with Gasteiger partial charge in [-0.05, 0) is 42.9 Å². The summed E-state index contributed by atoms with van der Waals surface area (Å²) in [6.45, 7) is 2.42. The summed E-state index contributed by atoms with van der Waals surface area (Å²) in [5.41, 5.74) is 4.83. The van der Waals surface area contributed by atoms with Crippen LogP contribution >= 0.6 is 0 Å². The van der Waals surface area contributed by atoms with Gasteiger partial charge in [0.1, 0.15) is 6.61 Å². The molecule has 1 fully saturated rings. The van der Waals surface area contributed by atoms with E-state index in [-0.39, 0.29) is 18.2 Å². The van der Waals surface area contributed by atoms with Crippen molar-refractivity contribution in [2.45, 2.75) is 44.9 Å². The van der Waals surface area contributed by atoms with Gasteiger partial charge in [0.25, 0.3) is 0 Å². The van der Waals surface area contributed by atoms with Crippen molar-refractivity contribution in [2.75, 3.05) is 0 Å². The average molecular weight is 412 g/mol. The first-order valence-corrected chi connectivity index (χ1v) is 11.0. The van der Waals surface area contributed by atoms with Crippen molar-refractivity contribution in [3.63, 3.8) is 0 Å². The third kappa shape index (κ3) is 5.64. The molecule has 1 amide bonds. The van der Waals surface area contributed by atoms with Gasteiger partial charge < -0.3 is 9.64 Å². The molecule has 0 saturated carbocycles. The molecule has 3 heteroatoms. The number of rotatable bonds is 5. The van der Waals surface area contributed by atoms with Crippen molar-refractivity contribution < 1.29 is 9.53 Å². The highest BCUT2D eigenvalue weighted by molar-refractivity contribution is 5.69. The van der Waals surface area contributed by atoms with Gasteiger partial charge in [-0.3, -0.25) is 0 Å². The normalized spacial score (nSPS) is 19.9. The number of nitrogens with zero attached hydrogens (tertiary/aromatic N) is 1. The third-order valence-corrected chi connectivity index (χ3v) is 5.82. The van der Waals surface area contributed by atoms with Crippen LogP contribution in [0.2, 0.25) is 0 Å². The van der Waals surface area contributed by atoms with Gasteiger partial charge in [-0.25, -0.2) is 4.79 Å². The largest absolute Gasteiger partial charge is 0.445 e. The Morgan fingerprint density at radius 3 is 2.10 bits per heavy atom. The van der Waals surface area contributed by atoms with E-state index in [1.54, 1.807) is 0 Å². The van der Waals surface area contributed by atoms with Crippen LogP contribution in [0.4, 0.5) is 4.79 Å². The zero-order chi connectivity index (χ0) is 21.5. The smallest absolute Gasteiger partial charge is 0.410 e. The van der Waals surface area contributed by atoms with Gasteiger partial charge >= 0.3 is 6.09 Å². The summed E-state index contributed by atoms with van der Waals surface area (Å²) in [4.78, 5) is 15.1. The highest BCUT2D eigenvalue weighted by Crippen LogP contribution is 2.31. The van der Waals surface area contributed by atoms with Gasteiger partial charge in [0, 0.05) is 12.1 Å². The molecule has 1 aliphatic heterocycles. The molecule has 4 rings (SSSR count). The topological polar surface area (TPSA) is 29.5 Å². The fourth-order valence-electron chi connectivity index (χ4n) is 4.40. The summed E-state index contributed by atoms with van der Waals surface area (Å²) in [5.74, 6) is 0. The van der Waals surface area contributed by atoms with Gasteiger partial charge in [0.05, 0.1) is 0 Å². The van der Waals surface area contributed by atoms with E-state index < -0.39 is 0 Å². The molecule has 0 aromatic heterocycles. The van der Waals surface area contributed by atoms with Crippen molar-refractivity contribution in [2.24, 2.45) is 0 Å². The average Bonchev–Trinajstić information content (AvgIpc) is 2.79. The molecule has 1 heterocycles. The fraction of sp³-hybridized carbons (Fsp3) is 0.250. The quantitative estimate of drug-likeness (QED) is 0.479. The number of amides is 1. The number of ether oxygens (including phenoxy) is 1. The number of carbonyl (C=O) groups excluding carboxylic acids is 1. The van der Waals surface area contributed by atoms with Crippen LogP contribution < -0.4 is 0 Å².